The first-order valence-corrected chi connectivity index (χ1v) is 7.87. The summed E-state index contributed by atoms with van der Waals surface area (Å²) in [6.45, 7) is 10.0. The molecule has 112 valence electrons. The molecule has 0 saturated carbocycles. The Morgan fingerprint density at radius 1 is 1.30 bits per heavy atom. The summed E-state index contributed by atoms with van der Waals surface area (Å²) in [5, 5.41) is 3.52. The molecule has 0 saturated heterocycles. The van der Waals surface area contributed by atoms with Gasteiger partial charge in [0.25, 0.3) is 0 Å². The van der Waals surface area contributed by atoms with Crippen molar-refractivity contribution in [1.82, 2.24) is 4.90 Å². The second-order valence-electron chi connectivity index (χ2n) is 5.12. The SMILES string of the molecule is CCN(CC)CCCC(C)Nc1ccccc1C(N)=S. The lowest BCUT2D eigenvalue weighted by Gasteiger charge is -2.21. The molecule has 0 aliphatic carbocycles. The Bertz CT molecular complexity index is 416. The number of thiocarbonyl (C=S) groups is 1. The predicted molar refractivity (Wildman–Crippen MR) is 92.4 cm³/mol. The molecule has 4 heteroatoms. The van der Waals surface area contributed by atoms with Gasteiger partial charge in [0, 0.05) is 17.3 Å². The summed E-state index contributed by atoms with van der Waals surface area (Å²) in [7, 11) is 0. The van der Waals surface area contributed by atoms with E-state index in [4.69, 9.17) is 18.0 Å². The molecular weight excluding hydrogens is 266 g/mol. The number of anilines is 1. The van der Waals surface area contributed by atoms with Crippen LogP contribution in [0.25, 0.3) is 0 Å². The summed E-state index contributed by atoms with van der Waals surface area (Å²) in [5.41, 5.74) is 7.72. The van der Waals surface area contributed by atoms with E-state index in [0.29, 0.717) is 11.0 Å². The van der Waals surface area contributed by atoms with Crippen molar-refractivity contribution in [2.75, 3.05) is 25.0 Å². The molecule has 0 heterocycles. The minimum absolute atomic E-state index is 0.418. The van der Waals surface area contributed by atoms with Gasteiger partial charge in [0.1, 0.15) is 4.99 Å². The molecule has 1 aromatic carbocycles. The van der Waals surface area contributed by atoms with Gasteiger partial charge in [0.2, 0.25) is 0 Å². The number of rotatable bonds is 9. The Morgan fingerprint density at radius 3 is 2.55 bits per heavy atom. The van der Waals surface area contributed by atoms with E-state index < -0.39 is 0 Å². The third-order valence-electron chi connectivity index (χ3n) is 3.60. The number of nitrogens with zero attached hydrogens (tertiary/aromatic N) is 1. The largest absolute Gasteiger partial charge is 0.389 e. The van der Waals surface area contributed by atoms with Crippen LogP contribution < -0.4 is 11.1 Å². The minimum Gasteiger partial charge on any atom is -0.389 e. The zero-order chi connectivity index (χ0) is 15.0. The van der Waals surface area contributed by atoms with Gasteiger partial charge >= 0.3 is 0 Å². The molecular formula is C16H27N3S. The van der Waals surface area contributed by atoms with Crippen LogP contribution in [0.15, 0.2) is 24.3 Å². The second-order valence-corrected chi connectivity index (χ2v) is 5.56. The van der Waals surface area contributed by atoms with Gasteiger partial charge in [-0.25, -0.2) is 0 Å². The first-order valence-electron chi connectivity index (χ1n) is 7.46. The number of nitrogens with two attached hydrogens (primary N) is 1. The second kappa shape index (κ2) is 8.93. The minimum atomic E-state index is 0.418. The van der Waals surface area contributed by atoms with E-state index in [0.717, 1.165) is 37.3 Å². The van der Waals surface area contributed by atoms with Crippen molar-refractivity contribution in [2.24, 2.45) is 5.73 Å². The zero-order valence-corrected chi connectivity index (χ0v) is 13.7. The summed E-state index contributed by atoms with van der Waals surface area (Å²) in [6, 6.07) is 8.39. The van der Waals surface area contributed by atoms with E-state index in [1.807, 2.05) is 24.3 Å². The predicted octanol–water partition coefficient (Wildman–Crippen LogP) is 3.24. The highest BCUT2D eigenvalue weighted by molar-refractivity contribution is 7.80. The molecule has 0 spiro atoms. The van der Waals surface area contributed by atoms with Crippen LogP contribution in [0.5, 0.6) is 0 Å². The van der Waals surface area contributed by atoms with E-state index in [9.17, 15) is 0 Å². The monoisotopic (exact) mass is 293 g/mol. The number of hydrogen-bond acceptors (Lipinski definition) is 3. The van der Waals surface area contributed by atoms with Gasteiger partial charge in [-0.05, 0) is 51.5 Å². The molecule has 20 heavy (non-hydrogen) atoms. The Labute approximate surface area is 128 Å². The van der Waals surface area contributed by atoms with Crippen molar-refractivity contribution in [2.45, 2.75) is 39.7 Å². The average molecular weight is 293 g/mol. The summed E-state index contributed by atoms with van der Waals surface area (Å²) < 4.78 is 0. The lowest BCUT2D eigenvalue weighted by Crippen LogP contribution is -2.26. The van der Waals surface area contributed by atoms with Crippen LogP contribution in [0.2, 0.25) is 0 Å². The van der Waals surface area contributed by atoms with Gasteiger partial charge in [-0.2, -0.15) is 0 Å². The fraction of sp³-hybridized carbons (Fsp3) is 0.562. The molecule has 1 unspecified atom stereocenters. The van der Waals surface area contributed by atoms with Gasteiger partial charge in [-0.1, -0.05) is 38.2 Å². The van der Waals surface area contributed by atoms with Gasteiger partial charge in [-0.3, -0.25) is 0 Å². The smallest absolute Gasteiger partial charge is 0.106 e. The Morgan fingerprint density at radius 2 is 1.95 bits per heavy atom. The van der Waals surface area contributed by atoms with Gasteiger partial charge in [0.05, 0.1) is 0 Å². The Kier molecular flexibility index (Phi) is 7.55. The molecule has 0 aliphatic heterocycles. The fourth-order valence-electron chi connectivity index (χ4n) is 2.32. The van der Waals surface area contributed by atoms with Crippen LogP contribution in [-0.2, 0) is 0 Å². The van der Waals surface area contributed by atoms with Crippen LogP contribution in [0.3, 0.4) is 0 Å². The highest BCUT2D eigenvalue weighted by Crippen LogP contribution is 2.17. The summed E-state index contributed by atoms with van der Waals surface area (Å²) in [5.74, 6) is 0. The van der Waals surface area contributed by atoms with Gasteiger partial charge < -0.3 is 16.0 Å². The van der Waals surface area contributed by atoms with Crippen molar-refractivity contribution in [3.05, 3.63) is 29.8 Å². The highest BCUT2D eigenvalue weighted by Gasteiger charge is 2.08. The number of benzene rings is 1. The number of para-hydroxylation sites is 1. The topological polar surface area (TPSA) is 41.3 Å². The molecule has 1 aromatic rings. The number of nitrogens with one attached hydrogen (secondary N) is 1. The van der Waals surface area contributed by atoms with Crippen molar-refractivity contribution >= 4 is 22.9 Å². The van der Waals surface area contributed by atoms with Crippen molar-refractivity contribution in [3.8, 4) is 0 Å². The molecule has 0 fully saturated rings. The normalized spacial score (nSPS) is 12.4. The molecule has 0 bridgehead atoms. The lowest BCUT2D eigenvalue weighted by molar-refractivity contribution is 0.295. The molecule has 0 radical (unpaired) electrons. The highest BCUT2D eigenvalue weighted by atomic mass is 32.1. The van der Waals surface area contributed by atoms with Crippen molar-refractivity contribution < 1.29 is 0 Å². The van der Waals surface area contributed by atoms with E-state index in [1.165, 1.54) is 6.42 Å². The first kappa shape index (κ1) is 16.9. The van der Waals surface area contributed by atoms with E-state index in [-0.39, 0.29) is 0 Å². The number of hydrogen-bond donors (Lipinski definition) is 2. The maximum absolute atomic E-state index is 5.75. The van der Waals surface area contributed by atoms with Crippen LogP contribution in [0, 0.1) is 0 Å². The molecule has 1 atom stereocenters. The van der Waals surface area contributed by atoms with E-state index in [2.05, 4.69) is 31.0 Å². The molecule has 3 nitrogen and oxygen atoms in total. The van der Waals surface area contributed by atoms with E-state index in [1.54, 1.807) is 0 Å². The maximum atomic E-state index is 5.75. The lowest BCUT2D eigenvalue weighted by atomic mass is 10.1. The van der Waals surface area contributed by atoms with Crippen molar-refractivity contribution in [1.29, 1.82) is 0 Å². The van der Waals surface area contributed by atoms with Crippen LogP contribution >= 0.6 is 12.2 Å². The Balaban J connectivity index is 2.46. The maximum Gasteiger partial charge on any atom is 0.106 e. The first-order chi connectivity index (χ1) is 9.58. The Hall–Kier alpha value is -1.13. The van der Waals surface area contributed by atoms with E-state index >= 15 is 0 Å². The van der Waals surface area contributed by atoms with Crippen LogP contribution in [-0.4, -0.2) is 35.6 Å². The standard InChI is InChI=1S/C16H27N3S/c1-4-19(5-2)12-8-9-13(3)18-15-11-7-6-10-14(15)16(17)20/h6-7,10-11,13,18H,4-5,8-9,12H2,1-3H3,(H2,17,20). The third-order valence-corrected chi connectivity index (χ3v) is 3.82. The van der Waals surface area contributed by atoms with Crippen LogP contribution in [0.1, 0.15) is 39.2 Å². The van der Waals surface area contributed by atoms with Gasteiger partial charge in [-0.15, -0.1) is 0 Å². The average Bonchev–Trinajstić information content (AvgIpc) is 2.44. The summed E-state index contributed by atoms with van der Waals surface area (Å²) >= 11 is 5.09. The molecule has 0 aliphatic rings. The zero-order valence-electron chi connectivity index (χ0n) is 12.9. The van der Waals surface area contributed by atoms with Crippen LogP contribution in [0.4, 0.5) is 5.69 Å². The quantitative estimate of drug-likeness (QED) is 0.686. The molecule has 3 N–H and O–H groups in total. The van der Waals surface area contributed by atoms with Crippen molar-refractivity contribution in [3.63, 3.8) is 0 Å². The third kappa shape index (κ3) is 5.47. The molecule has 0 aromatic heterocycles. The summed E-state index contributed by atoms with van der Waals surface area (Å²) in [4.78, 5) is 2.90. The molecule has 1 rings (SSSR count). The summed E-state index contributed by atoms with van der Waals surface area (Å²) in [6.07, 6.45) is 2.34. The fourth-order valence-corrected chi connectivity index (χ4v) is 2.50. The molecule has 0 amide bonds. The van der Waals surface area contributed by atoms with Gasteiger partial charge in [0.15, 0.2) is 0 Å².